The van der Waals surface area contributed by atoms with Crippen molar-refractivity contribution in [1.82, 2.24) is 4.57 Å². The van der Waals surface area contributed by atoms with E-state index in [-0.39, 0.29) is 22.3 Å². The minimum atomic E-state index is -0.140. The molecule has 1 fully saturated rings. The fourth-order valence-corrected chi connectivity index (χ4v) is 2.45. The number of thiocarbonyl (C=S) groups is 1. The van der Waals surface area contributed by atoms with Crippen LogP contribution in [0.1, 0.15) is 32.3 Å². The molecule has 0 spiro atoms. The zero-order valence-electron chi connectivity index (χ0n) is 10.7. The van der Waals surface area contributed by atoms with Crippen LogP contribution in [0.3, 0.4) is 0 Å². The maximum atomic E-state index is 12.1. The van der Waals surface area contributed by atoms with Crippen LogP contribution < -0.4 is 11.3 Å². The summed E-state index contributed by atoms with van der Waals surface area (Å²) >= 11 is 4.86. The smallest absolute Gasteiger partial charge is 0.260 e. The third-order valence-electron chi connectivity index (χ3n) is 3.24. The van der Waals surface area contributed by atoms with Crippen molar-refractivity contribution in [3.8, 4) is 0 Å². The normalized spacial score (nSPS) is 22.0. The Morgan fingerprint density at radius 3 is 2.94 bits per heavy atom. The van der Waals surface area contributed by atoms with Crippen molar-refractivity contribution in [2.45, 2.75) is 44.9 Å². The van der Waals surface area contributed by atoms with Gasteiger partial charge in [0.25, 0.3) is 5.56 Å². The summed E-state index contributed by atoms with van der Waals surface area (Å²) < 4.78 is 7.51. The van der Waals surface area contributed by atoms with E-state index in [1.54, 1.807) is 22.9 Å². The van der Waals surface area contributed by atoms with Crippen molar-refractivity contribution in [2.24, 2.45) is 5.73 Å². The second kappa shape index (κ2) is 4.82. The van der Waals surface area contributed by atoms with Crippen LogP contribution >= 0.6 is 12.2 Å². The summed E-state index contributed by atoms with van der Waals surface area (Å²) in [4.78, 5) is 12.2. The van der Waals surface area contributed by atoms with Crippen molar-refractivity contribution < 1.29 is 4.74 Å². The highest BCUT2D eigenvalue weighted by Crippen LogP contribution is 2.29. The lowest BCUT2D eigenvalue weighted by molar-refractivity contribution is -0.0220. The Morgan fingerprint density at radius 2 is 2.39 bits per heavy atom. The second-order valence-corrected chi connectivity index (χ2v) is 5.72. The fourth-order valence-electron chi connectivity index (χ4n) is 2.29. The summed E-state index contributed by atoms with van der Waals surface area (Å²) in [6, 6.07) is 3.44. The summed E-state index contributed by atoms with van der Waals surface area (Å²) in [7, 11) is 0. The zero-order chi connectivity index (χ0) is 13.3. The van der Waals surface area contributed by atoms with Crippen LogP contribution in [0.15, 0.2) is 23.1 Å². The minimum absolute atomic E-state index is 0.0827. The van der Waals surface area contributed by atoms with E-state index in [1.165, 1.54) is 0 Å². The van der Waals surface area contributed by atoms with Gasteiger partial charge in [-0.05, 0) is 38.8 Å². The van der Waals surface area contributed by atoms with E-state index in [4.69, 9.17) is 22.7 Å². The monoisotopic (exact) mass is 266 g/mol. The Kier molecular flexibility index (Phi) is 3.54. The average molecular weight is 266 g/mol. The number of ether oxygens (including phenoxy) is 1. The molecule has 2 rings (SSSR count). The van der Waals surface area contributed by atoms with Crippen LogP contribution in [-0.4, -0.2) is 21.3 Å². The van der Waals surface area contributed by atoms with Crippen LogP contribution in [0.4, 0.5) is 0 Å². The van der Waals surface area contributed by atoms with E-state index in [0.717, 1.165) is 12.8 Å². The molecule has 18 heavy (non-hydrogen) atoms. The number of hydrogen-bond donors (Lipinski definition) is 1. The van der Waals surface area contributed by atoms with Crippen LogP contribution in [-0.2, 0) is 11.3 Å². The molecule has 1 saturated heterocycles. The van der Waals surface area contributed by atoms with Gasteiger partial charge in [0, 0.05) is 6.20 Å². The fraction of sp³-hybridized carbons (Fsp3) is 0.538. The minimum Gasteiger partial charge on any atom is -0.389 e. The number of pyridine rings is 1. The molecule has 1 aliphatic rings. The summed E-state index contributed by atoms with van der Waals surface area (Å²) in [5.41, 5.74) is 5.69. The lowest BCUT2D eigenvalue weighted by Gasteiger charge is -2.20. The first-order chi connectivity index (χ1) is 8.39. The average Bonchev–Trinajstić information content (AvgIpc) is 2.61. The van der Waals surface area contributed by atoms with Gasteiger partial charge in [-0.1, -0.05) is 12.2 Å². The molecular weight excluding hydrogens is 248 g/mol. The molecule has 1 atom stereocenters. The van der Waals surface area contributed by atoms with Crippen molar-refractivity contribution in [2.75, 3.05) is 0 Å². The summed E-state index contributed by atoms with van der Waals surface area (Å²) in [6.07, 6.45) is 3.82. The van der Waals surface area contributed by atoms with E-state index in [0.29, 0.717) is 12.1 Å². The second-order valence-electron chi connectivity index (χ2n) is 5.28. The summed E-state index contributed by atoms with van der Waals surface area (Å²) in [6.45, 7) is 4.70. The van der Waals surface area contributed by atoms with Crippen LogP contribution in [0, 0.1) is 0 Å². The Bertz CT molecular complexity index is 522. The molecule has 0 bridgehead atoms. The molecule has 0 radical (unpaired) electrons. The maximum absolute atomic E-state index is 12.1. The van der Waals surface area contributed by atoms with Crippen molar-refractivity contribution in [3.63, 3.8) is 0 Å². The first kappa shape index (κ1) is 13.2. The van der Waals surface area contributed by atoms with Gasteiger partial charge < -0.3 is 15.0 Å². The number of aromatic nitrogens is 1. The van der Waals surface area contributed by atoms with Crippen LogP contribution in [0.2, 0.25) is 0 Å². The first-order valence-electron chi connectivity index (χ1n) is 6.06. The number of nitrogens with two attached hydrogens (primary N) is 1. The molecule has 0 amide bonds. The molecule has 2 N–H and O–H groups in total. The molecule has 0 aliphatic carbocycles. The standard InChI is InChI=1S/C13H18N2O2S/c1-13(2)6-5-9(17-13)8-15-7-3-4-10(11(14)18)12(15)16/h3-4,7,9H,5-6,8H2,1-2H3,(H2,14,18). The quantitative estimate of drug-likeness (QED) is 0.841. The van der Waals surface area contributed by atoms with Crippen molar-refractivity contribution in [1.29, 1.82) is 0 Å². The molecule has 0 aromatic carbocycles. The van der Waals surface area contributed by atoms with Gasteiger partial charge in [0.1, 0.15) is 4.99 Å². The van der Waals surface area contributed by atoms with Gasteiger partial charge in [-0.15, -0.1) is 0 Å². The Balaban J connectivity index is 2.18. The van der Waals surface area contributed by atoms with Gasteiger partial charge in [-0.3, -0.25) is 4.79 Å². The number of nitrogens with zero attached hydrogens (tertiary/aromatic N) is 1. The van der Waals surface area contributed by atoms with Gasteiger partial charge in [0.05, 0.1) is 23.8 Å². The summed E-state index contributed by atoms with van der Waals surface area (Å²) in [5.74, 6) is 0. The van der Waals surface area contributed by atoms with Gasteiger partial charge in [-0.25, -0.2) is 0 Å². The zero-order valence-corrected chi connectivity index (χ0v) is 11.5. The summed E-state index contributed by atoms with van der Waals surface area (Å²) in [5, 5.41) is 0. The van der Waals surface area contributed by atoms with Gasteiger partial charge in [-0.2, -0.15) is 0 Å². The molecule has 1 aromatic heterocycles. The van der Waals surface area contributed by atoms with E-state index in [2.05, 4.69) is 13.8 Å². The lowest BCUT2D eigenvalue weighted by atomic mass is 10.1. The van der Waals surface area contributed by atoms with E-state index in [1.807, 2.05) is 0 Å². The molecular formula is C13H18N2O2S. The van der Waals surface area contributed by atoms with Gasteiger partial charge >= 0.3 is 0 Å². The highest BCUT2D eigenvalue weighted by atomic mass is 32.1. The molecule has 98 valence electrons. The topological polar surface area (TPSA) is 57.2 Å². The van der Waals surface area contributed by atoms with Crippen LogP contribution in [0.5, 0.6) is 0 Å². The predicted molar refractivity (Wildman–Crippen MR) is 74.8 cm³/mol. The molecule has 4 nitrogen and oxygen atoms in total. The number of hydrogen-bond acceptors (Lipinski definition) is 3. The lowest BCUT2D eigenvalue weighted by Crippen LogP contribution is -2.32. The Labute approximate surface area is 112 Å². The van der Waals surface area contributed by atoms with Gasteiger partial charge in [0.2, 0.25) is 0 Å². The molecule has 0 saturated carbocycles. The first-order valence-corrected chi connectivity index (χ1v) is 6.47. The van der Waals surface area contributed by atoms with Crippen LogP contribution in [0.25, 0.3) is 0 Å². The van der Waals surface area contributed by atoms with E-state index in [9.17, 15) is 4.79 Å². The Morgan fingerprint density at radius 1 is 1.67 bits per heavy atom. The third-order valence-corrected chi connectivity index (χ3v) is 3.46. The molecule has 1 aromatic rings. The molecule has 2 heterocycles. The molecule has 1 unspecified atom stereocenters. The molecule has 5 heteroatoms. The third kappa shape index (κ3) is 2.79. The predicted octanol–water partition coefficient (Wildman–Crippen LogP) is 1.44. The molecule has 1 aliphatic heterocycles. The SMILES string of the molecule is CC1(C)CCC(Cn2cccc(C(N)=S)c2=O)O1. The van der Waals surface area contributed by atoms with E-state index >= 15 is 0 Å². The maximum Gasteiger partial charge on any atom is 0.260 e. The van der Waals surface area contributed by atoms with Crippen molar-refractivity contribution >= 4 is 17.2 Å². The highest BCUT2D eigenvalue weighted by Gasteiger charge is 2.31. The van der Waals surface area contributed by atoms with Gasteiger partial charge in [0.15, 0.2) is 0 Å². The highest BCUT2D eigenvalue weighted by molar-refractivity contribution is 7.80. The number of rotatable bonds is 3. The Hall–Kier alpha value is -1.20. The van der Waals surface area contributed by atoms with Crippen molar-refractivity contribution in [3.05, 3.63) is 34.2 Å². The van der Waals surface area contributed by atoms with E-state index < -0.39 is 0 Å². The largest absolute Gasteiger partial charge is 0.389 e.